The van der Waals surface area contributed by atoms with Crippen LogP contribution in [-0.4, -0.2) is 68.7 Å². The highest BCUT2D eigenvalue weighted by Crippen LogP contribution is 2.19. The lowest BCUT2D eigenvalue weighted by Gasteiger charge is -2.14. The summed E-state index contributed by atoms with van der Waals surface area (Å²) < 4.78 is 0. The summed E-state index contributed by atoms with van der Waals surface area (Å²) in [7, 11) is 0. The van der Waals surface area contributed by atoms with Crippen molar-refractivity contribution >= 4 is 58.5 Å². The predicted octanol–water partition coefficient (Wildman–Crippen LogP) is 2.39. The van der Waals surface area contributed by atoms with Gasteiger partial charge in [-0.25, -0.2) is 0 Å². The Bertz CT molecular complexity index is 166. The molecule has 0 aliphatic carbocycles. The standard InChI is InChI=1S/C10H20Cl2O2S3/c11-1-3-15-6-9(12)7-16-8-10(5-14)17-4-2-13/h9-10,13-14H,1-8H2. The van der Waals surface area contributed by atoms with E-state index in [0.717, 1.165) is 23.0 Å². The minimum Gasteiger partial charge on any atom is -0.396 e. The topological polar surface area (TPSA) is 40.5 Å². The van der Waals surface area contributed by atoms with Crippen LogP contribution in [0, 0.1) is 0 Å². The van der Waals surface area contributed by atoms with Crippen molar-refractivity contribution in [2.75, 3.05) is 47.9 Å². The van der Waals surface area contributed by atoms with E-state index in [1.54, 1.807) is 35.3 Å². The summed E-state index contributed by atoms with van der Waals surface area (Å²) in [5.74, 6) is 5.00. The number of hydrogen-bond donors (Lipinski definition) is 2. The minimum absolute atomic E-state index is 0.158. The molecule has 2 N–H and O–H groups in total. The Morgan fingerprint density at radius 1 is 1.00 bits per heavy atom. The molecule has 0 aromatic rings. The van der Waals surface area contributed by atoms with Gasteiger partial charge in [0.15, 0.2) is 0 Å². The van der Waals surface area contributed by atoms with Gasteiger partial charge in [-0.3, -0.25) is 0 Å². The van der Waals surface area contributed by atoms with E-state index in [2.05, 4.69) is 0 Å². The summed E-state index contributed by atoms with van der Waals surface area (Å²) >= 11 is 16.9. The second-order valence-corrected chi connectivity index (χ2v) is 7.93. The summed E-state index contributed by atoms with van der Waals surface area (Å²) in [6.45, 7) is 0.324. The summed E-state index contributed by atoms with van der Waals surface area (Å²) in [5.41, 5.74) is 0. The van der Waals surface area contributed by atoms with Crippen molar-refractivity contribution in [2.24, 2.45) is 0 Å². The molecule has 0 saturated carbocycles. The van der Waals surface area contributed by atoms with Crippen LogP contribution in [0.2, 0.25) is 0 Å². The number of rotatable bonds is 12. The fraction of sp³-hybridized carbons (Fsp3) is 1.00. The number of thioether (sulfide) groups is 3. The molecule has 0 amide bonds. The van der Waals surface area contributed by atoms with Crippen LogP contribution in [0.4, 0.5) is 0 Å². The molecule has 0 spiro atoms. The van der Waals surface area contributed by atoms with Crippen molar-refractivity contribution < 1.29 is 10.2 Å². The third-order valence-electron chi connectivity index (χ3n) is 1.77. The van der Waals surface area contributed by atoms with Crippen LogP contribution in [0.3, 0.4) is 0 Å². The molecule has 0 radical (unpaired) electrons. The monoisotopic (exact) mass is 338 g/mol. The first-order valence-electron chi connectivity index (χ1n) is 5.43. The van der Waals surface area contributed by atoms with E-state index in [1.165, 1.54) is 0 Å². The Morgan fingerprint density at radius 3 is 2.29 bits per heavy atom. The third kappa shape index (κ3) is 12.3. The van der Waals surface area contributed by atoms with Gasteiger partial charge >= 0.3 is 0 Å². The molecule has 0 aliphatic heterocycles. The maximum Gasteiger partial charge on any atom is 0.0558 e. The number of aliphatic hydroxyl groups is 2. The SMILES string of the molecule is OCCSC(CO)CSCC(Cl)CSCCCl. The van der Waals surface area contributed by atoms with E-state index in [-0.39, 0.29) is 23.8 Å². The first-order valence-corrected chi connectivity index (χ1v) is 9.76. The van der Waals surface area contributed by atoms with E-state index >= 15 is 0 Å². The van der Waals surface area contributed by atoms with E-state index in [1.807, 2.05) is 0 Å². The lowest BCUT2D eigenvalue weighted by molar-refractivity contribution is 0.300. The maximum atomic E-state index is 9.12. The normalized spacial score (nSPS) is 14.8. The van der Waals surface area contributed by atoms with Crippen LogP contribution >= 0.6 is 58.5 Å². The molecule has 7 heteroatoms. The molecule has 0 bridgehead atoms. The molecular formula is C10H20Cl2O2S3. The molecule has 0 aliphatic rings. The molecular weight excluding hydrogens is 319 g/mol. The zero-order chi connectivity index (χ0) is 12.9. The molecule has 0 rings (SSSR count). The van der Waals surface area contributed by atoms with Gasteiger partial charge in [0, 0.05) is 39.9 Å². The van der Waals surface area contributed by atoms with Gasteiger partial charge in [0.2, 0.25) is 0 Å². The third-order valence-corrected chi connectivity index (χ3v) is 6.68. The van der Waals surface area contributed by atoms with Crippen LogP contribution in [0.1, 0.15) is 0 Å². The smallest absolute Gasteiger partial charge is 0.0558 e. The van der Waals surface area contributed by atoms with Gasteiger partial charge in [-0.1, -0.05) is 0 Å². The molecule has 104 valence electrons. The maximum absolute atomic E-state index is 9.12. The van der Waals surface area contributed by atoms with Gasteiger partial charge in [-0.05, 0) is 0 Å². The van der Waals surface area contributed by atoms with E-state index < -0.39 is 0 Å². The molecule has 2 unspecified atom stereocenters. The fourth-order valence-corrected chi connectivity index (χ4v) is 4.77. The number of hydrogen-bond acceptors (Lipinski definition) is 5. The quantitative estimate of drug-likeness (QED) is 0.422. The Balaban J connectivity index is 3.45. The van der Waals surface area contributed by atoms with E-state index in [9.17, 15) is 0 Å². The van der Waals surface area contributed by atoms with E-state index in [4.69, 9.17) is 33.4 Å². The van der Waals surface area contributed by atoms with Crippen LogP contribution in [0.25, 0.3) is 0 Å². The van der Waals surface area contributed by atoms with Crippen molar-refractivity contribution in [1.82, 2.24) is 0 Å². The molecule has 2 nitrogen and oxygen atoms in total. The Morgan fingerprint density at radius 2 is 1.71 bits per heavy atom. The summed E-state index contributed by atoms with van der Waals surface area (Å²) in [5, 5.41) is 18.2. The first kappa shape index (κ1) is 18.6. The van der Waals surface area contributed by atoms with Crippen molar-refractivity contribution in [3.05, 3.63) is 0 Å². The van der Waals surface area contributed by atoms with Gasteiger partial charge in [-0.15, -0.1) is 23.2 Å². The highest BCUT2D eigenvalue weighted by atomic mass is 35.5. The second kappa shape index (κ2) is 14.0. The van der Waals surface area contributed by atoms with Gasteiger partial charge in [-0.2, -0.15) is 35.3 Å². The Labute approximate surface area is 127 Å². The van der Waals surface area contributed by atoms with Crippen LogP contribution in [0.15, 0.2) is 0 Å². The van der Waals surface area contributed by atoms with Crippen LogP contribution in [-0.2, 0) is 0 Å². The number of halogens is 2. The molecule has 0 heterocycles. The zero-order valence-corrected chi connectivity index (χ0v) is 13.6. The number of aliphatic hydroxyl groups excluding tert-OH is 2. The average Bonchev–Trinajstić information content (AvgIpc) is 2.34. The van der Waals surface area contributed by atoms with Crippen molar-refractivity contribution in [3.8, 4) is 0 Å². The molecule has 0 fully saturated rings. The molecule has 0 aromatic carbocycles. The molecule has 2 atom stereocenters. The largest absolute Gasteiger partial charge is 0.396 e. The highest BCUT2D eigenvalue weighted by Gasteiger charge is 2.10. The predicted molar refractivity (Wildman–Crippen MR) is 85.4 cm³/mol. The summed E-state index contributed by atoms with van der Waals surface area (Å²) in [4.78, 5) is 0. The van der Waals surface area contributed by atoms with Crippen molar-refractivity contribution in [1.29, 1.82) is 0 Å². The summed E-state index contributed by atoms with van der Waals surface area (Å²) in [6, 6.07) is 0. The summed E-state index contributed by atoms with van der Waals surface area (Å²) in [6.07, 6.45) is 0. The Kier molecular flexibility index (Phi) is 15.2. The first-order chi connectivity index (χ1) is 8.24. The zero-order valence-electron chi connectivity index (χ0n) is 9.69. The highest BCUT2D eigenvalue weighted by molar-refractivity contribution is 8.03. The molecule has 0 aromatic heterocycles. The van der Waals surface area contributed by atoms with Crippen molar-refractivity contribution in [2.45, 2.75) is 10.6 Å². The fourth-order valence-electron chi connectivity index (χ4n) is 1.01. The Hall–Kier alpha value is 1.55. The van der Waals surface area contributed by atoms with Gasteiger partial charge in [0.05, 0.1) is 18.6 Å². The van der Waals surface area contributed by atoms with Gasteiger partial charge in [0.1, 0.15) is 0 Å². The lowest BCUT2D eigenvalue weighted by Crippen LogP contribution is -2.15. The average molecular weight is 339 g/mol. The molecule has 0 saturated heterocycles. The minimum atomic E-state index is 0.158. The van der Waals surface area contributed by atoms with Crippen LogP contribution < -0.4 is 0 Å². The van der Waals surface area contributed by atoms with Crippen molar-refractivity contribution in [3.63, 3.8) is 0 Å². The number of alkyl halides is 2. The molecule has 17 heavy (non-hydrogen) atoms. The van der Waals surface area contributed by atoms with Gasteiger partial charge in [0.25, 0.3) is 0 Å². The van der Waals surface area contributed by atoms with Gasteiger partial charge < -0.3 is 10.2 Å². The second-order valence-electron chi connectivity index (χ2n) is 3.30. The van der Waals surface area contributed by atoms with E-state index in [0.29, 0.717) is 11.6 Å². The van der Waals surface area contributed by atoms with Crippen LogP contribution in [0.5, 0.6) is 0 Å². The lowest BCUT2D eigenvalue weighted by atomic mass is 10.5.